The van der Waals surface area contributed by atoms with E-state index in [2.05, 4.69) is 27.3 Å². The minimum absolute atomic E-state index is 0.0310. The van der Waals surface area contributed by atoms with E-state index in [0.717, 1.165) is 30.7 Å². The summed E-state index contributed by atoms with van der Waals surface area (Å²) in [6.07, 6.45) is 5.63. The molecule has 0 radical (unpaired) electrons. The first kappa shape index (κ1) is 14.4. The molecule has 1 aromatic heterocycles. The van der Waals surface area contributed by atoms with Gasteiger partial charge in [0.1, 0.15) is 12.2 Å². The second kappa shape index (κ2) is 5.77. The van der Waals surface area contributed by atoms with Crippen LogP contribution in [0.5, 0.6) is 0 Å². The average molecular weight is 312 g/mol. The number of rotatable bonds is 3. The highest BCUT2D eigenvalue weighted by Crippen LogP contribution is 2.33. The molecule has 6 nitrogen and oxygen atoms in total. The van der Waals surface area contributed by atoms with Crippen LogP contribution in [0.1, 0.15) is 46.2 Å². The molecule has 1 aromatic carbocycles. The normalized spacial score (nSPS) is 23.3. The van der Waals surface area contributed by atoms with Gasteiger partial charge in [-0.2, -0.15) is 5.10 Å². The third-order valence-electron chi connectivity index (χ3n) is 4.95. The average Bonchev–Trinajstić information content (AvgIpc) is 3.31. The molecule has 0 saturated carbocycles. The Balaban J connectivity index is 1.63. The fraction of sp³-hybridized carbons (Fsp3) is 0.471. The van der Waals surface area contributed by atoms with Crippen molar-refractivity contribution in [3.63, 3.8) is 0 Å². The van der Waals surface area contributed by atoms with E-state index in [9.17, 15) is 4.79 Å². The van der Waals surface area contributed by atoms with E-state index in [1.807, 2.05) is 11.0 Å². The predicted octanol–water partition coefficient (Wildman–Crippen LogP) is 1.90. The third kappa shape index (κ3) is 2.53. The summed E-state index contributed by atoms with van der Waals surface area (Å²) in [4.78, 5) is 19.1. The Bertz CT molecular complexity index is 713. The number of benzene rings is 1. The summed E-state index contributed by atoms with van der Waals surface area (Å²) < 4.78 is 5.47. The van der Waals surface area contributed by atoms with Crippen molar-refractivity contribution in [1.29, 1.82) is 0 Å². The number of nitrogens with zero attached hydrogens (tertiary/aromatic N) is 3. The van der Waals surface area contributed by atoms with Crippen molar-refractivity contribution < 1.29 is 9.53 Å². The van der Waals surface area contributed by atoms with E-state index >= 15 is 0 Å². The lowest BCUT2D eigenvalue weighted by Gasteiger charge is -2.23. The molecule has 0 spiro atoms. The summed E-state index contributed by atoms with van der Waals surface area (Å²) in [6, 6.07) is 6.00. The number of ether oxygens (including phenoxy) is 1. The molecule has 2 heterocycles. The lowest BCUT2D eigenvalue weighted by atomic mass is 10.1. The van der Waals surface area contributed by atoms with Crippen LogP contribution in [-0.4, -0.2) is 45.7 Å². The summed E-state index contributed by atoms with van der Waals surface area (Å²) in [6.45, 7) is 0.581. The van der Waals surface area contributed by atoms with Crippen LogP contribution in [0.15, 0.2) is 24.5 Å². The molecule has 2 aliphatic rings. The summed E-state index contributed by atoms with van der Waals surface area (Å²) in [7, 11) is 1.69. The van der Waals surface area contributed by atoms with E-state index in [4.69, 9.17) is 4.74 Å². The van der Waals surface area contributed by atoms with Crippen molar-refractivity contribution >= 4 is 5.91 Å². The molecule has 2 aromatic rings. The van der Waals surface area contributed by atoms with E-state index in [1.54, 1.807) is 7.11 Å². The number of hydrogen-bond donors (Lipinski definition) is 1. The Morgan fingerprint density at radius 1 is 1.35 bits per heavy atom. The molecule has 1 N–H and O–H groups in total. The number of hydrogen-bond acceptors (Lipinski definition) is 4. The predicted molar refractivity (Wildman–Crippen MR) is 84.0 cm³/mol. The molecule has 0 bridgehead atoms. The molecule has 1 aliphatic heterocycles. The molecule has 1 saturated heterocycles. The van der Waals surface area contributed by atoms with Gasteiger partial charge in [0.25, 0.3) is 5.91 Å². The van der Waals surface area contributed by atoms with Crippen LogP contribution in [0.4, 0.5) is 0 Å². The van der Waals surface area contributed by atoms with Gasteiger partial charge in [-0.3, -0.25) is 9.89 Å². The van der Waals surface area contributed by atoms with Gasteiger partial charge in [0, 0.05) is 25.6 Å². The van der Waals surface area contributed by atoms with Crippen LogP contribution in [0, 0.1) is 0 Å². The van der Waals surface area contributed by atoms with Gasteiger partial charge in [-0.1, -0.05) is 6.07 Å². The van der Waals surface area contributed by atoms with Gasteiger partial charge in [-0.05, 0) is 42.5 Å². The highest BCUT2D eigenvalue weighted by Gasteiger charge is 2.38. The summed E-state index contributed by atoms with van der Waals surface area (Å²) >= 11 is 0. The molecule has 1 aliphatic carbocycles. The van der Waals surface area contributed by atoms with Gasteiger partial charge in [-0.25, -0.2) is 4.98 Å². The number of H-pyrrole nitrogens is 1. The smallest absolute Gasteiger partial charge is 0.254 e. The first-order valence-corrected chi connectivity index (χ1v) is 8.07. The van der Waals surface area contributed by atoms with Crippen LogP contribution in [0.25, 0.3) is 0 Å². The maximum absolute atomic E-state index is 13.0. The molecule has 4 rings (SSSR count). The van der Waals surface area contributed by atoms with Gasteiger partial charge in [0.05, 0.1) is 12.1 Å². The van der Waals surface area contributed by atoms with Gasteiger partial charge in [-0.15, -0.1) is 0 Å². The maximum atomic E-state index is 13.0. The number of methoxy groups -OCH3 is 1. The maximum Gasteiger partial charge on any atom is 0.254 e. The highest BCUT2D eigenvalue weighted by atomic mass is 16.5. The Labute approximate surface area is 134 Å². The number of aromatic nitrogens is 3. The van der Waals surface area contributed by atoms with Gasteiger partial charge >= 0.3 is 0 Å². The summed E-state index contributed by atoms with van der Waals surface area (Å²) in [5.41, 5.74) is 3.45. The second-order valence-corrected chi connectivity index (χ2v) is 6.27. The van der Waals surface area contributed by atoms with Crippen LogP contribution in [0.2, 0.25) is 0 Å². The Kier molecular flexibility index (Phi) is 3.61. The van der Waals surface area contributed by atoms with Crippen LogP contribution in [0.3, 0.4) is 0 Å². The molecule has 6 heteroatoms. The number of aryl methyl sites for hydroxylation is 2. The van der Waals surface area contributed by atoms with Crippen molar-refractivity contribution in [1.82, 2.24) is 20.1 Å². The Morgan fingerprint density at radius 3 is 3.00 bits per heavy atom. The standard InChI is InChI=1S/C17H20N4O2/c1-23-14-8-15(16-18-10-19-20-16)21(9-14)17(22)13-6-5-11-3-2-4-12(11)7-13/h5-7,10,14-15H,2-4,8-9H2,1H3,(H,18,19,20)/t14-,15+/m1/s1. The zero-order valence-electron chi connectivity index (χ0n) is 13.2. The molecule has 1 fully saturated rings. The highest BCUT2D eigenvalue weighted by molar-refractivity contribution is 5.95. The molecular formula is C17H20N4O2. The minimum atomic E-state index is -0.108. The van der Waals surface area contributed by atoms with E-state index in [-0.39, 0.29) is 18.1 Å². The van der Waals surface area contributed by atoms with Gasteiger partial charge in [0.2, 0.25) is 0 Å². The largest absolute Gasteiger partial charge is 0.380 e. The van der Waals surface area contributed by atoms with Crippen molar-refractivity contribution in [3.05, 3.63) is 47.0 Å². The van der Waals surface area contributed by atoms with Crippen molar-refractivity contribution in [2.24, 2.45) is 0 Å². The van der Waals surface area contributed by atoms with Crippen molar-refractivity contribution in [2.45, 2.75) is 37.8 Å². The van der Waals surface area contributed by atoms with Crippen molar-refractivity contribution in [3.8, 4) is 0 Å². The van der Waals surface area contributed by atoms with Gasteiger partial charge in [0.15, 0.2) is 0 Å². The Morgan fingerprint density at radius 2 is 2.22 bits per heavy atom. The number of likely N-dealkylation sites (tertiary alicyclic amines) is 1. The van der Waals surface area contributed by atoms with Gasteiger partial charge < -0.3 is 9.64 Å². The fourth-order valence-corrected chi connectivity index (χ4v) is 3.70. The second-order valence-electron chi connectivity index (χ2n) is 6.27. The minimum Gasteiger partial charge on any atom is -0.380 e. The number of aromatic amines is 1. The van der Waals surface area contributed by atoms with E-state index in [1.165, 1.54) is 23.9 Å². The van der Waals surface area contributed by atoms with Crippen LogP contribution >= 0.6 is 0 Å². The van der Waals surface area contributed by atoms with E-state index in [0.29, 0.717) is 6.54 Å². The van der Waals surface area contributed by atoms with Crippen LogP contribution < -0.4 is 0 Å². The molecule has 2 atom stereocenters. The fourth-order valence-electron chi connectivity index (χ4n) is 3.70. The zero-order chi connectivity index (χ0) is 15.8. The number of carbonyl (C=O) groups excluding carboxylic acids is 1. The first-order chi connectivity index (χ1) is 11.3. The molecular weight excluding hydrogens is 292 g/mol. The molecule has 0 unspecified atom stereocenters. The number of carbonyl (C=O) groups is 1. The summed E-state index contributed by atoms with van der Waals surface area (Å²) in [5.74, 6) is 0.764. The number of fused-ring (bicyclic) bond motifs is 1. The lowest BCUT2D eigenvalue weighted by molar-refractivity contribution is 0.0684. The lowest BCUT2D eigenvalue weighted by Crippen LogP contribution is -2.32. The Hall–Kier alpha value is -2.21. The van der Waals surface area contributed by atoms with Crippen LogP contribution in [-0.2, 0) is 17.6 Å². The molecule has 23 heavy (non-hydrogen) atoms. The van der Waals surface area contributed by atoms with E-state index < -0.39 is 0 Å². The van der Waals surface area contributed by atoms with Crippen molar-refractivity contribution in [2.75, 3.05) is 13.7 Å². The third-order valence-corrected chi connectivity index (χ3v) is 4.95. The molecule has 120 valence electrons. The number of nitrogens with one attached hydrogen (secondary N) is 1. The number of amides is 1. The molecule has 1 amide bonds. The quantitative estimate of drug-likeness (QED) is 0.939. The first-order valence-electron chi connectivity index (χ1n) is 8.07. The zero-order valence-corrected chi connectivity index (χ0v) is 13.2. The topological polar surface area (TPSA) is 71.1 Å². The SMILES string of the molecule is CO[C@@H]1C[C@@H](c2ncn[nH]2)N(C(=O)c2ccc3c(c2)CCC3)C1. The summed E-state index contributed by atoms with van der Waals surface area (Å²) in [5, 5.41) is 6.81. The monoisotopic (exact) mass is 312 g/mol.